The SMILES string of the molecule is CCCCCCCCCCCCCCCCCCOCC(COP(=O)([O-])OCCCCCCCCCC[N+](C)(C)C)OC(=O)NC. The van der Waals surface area contributed by atoms with Crippen LogP contribution in [-0.4, -0.2) is 77.8 Å². The van der Waals surface area contributed by atoms with Crippen LogP contribution in [0.25, 0.3) is 0 Å². The first-order valence-corrected chi connectivity index (χ1v) is 20.4. The molecule has 0 heterocycles. The summed E-state index contributed by atoms with van der Waals surface area (Å²) in [7, 11) is 3.64. The number of alkyl carbamates (subject to hydrolysis) is 1. The van der Waals surface area contributed by atoms with Crippen LogP contribution in [0.1, 0.15) is 161 Å². The Morgan fingerprint density at radius 2 is 1.04 bits per heavy atom. The molecule has 0 rings (SSSR count). The highest BCUT2D eigenvalue weighted by Gasteiger charge is 2.19. The number of hydrogen-bond acceptors (Lipinski definition) is 7. The molecule has 2 atom stereocenters. The van der Waals surface area contributed by atoms with Crippen LogP contribution in [-0.2, 0) is 23.1 Å². The average molecular weight is 679 g/mol. The molecule has 0 aromatic rings. The number of phosphoric acid groups is 1. The maximum absolute atomic E-state index is 12.2. The fraction of sp³-hybridized carbons (Fsp3) is 0.972. The van der Waals surface area contributed by atoms with E-state index in [0.29, 0.717) is 13.0 Å². The lowest BCUT2D eigenvalue weighted by Gasteiger charge is -2.25. The summed E-state index contributed by atoms with van der Waals surface area (Å²) >= 11 is 0. The van der Waals surface area contributed by atoms with Crippen LogP contribution in [0.4, 0.5) is 4.79 Å². The summed E-state index contributed by atoms with van der Waals surface area (Å²) in [5, 5.41) is 2.38. The monoisotopic (exact) mass is 679 g/mol. The normalized spacial score (nSPS) is 13.9. The van der Waals surface area contributed by atoms with Crippen LogP contribution in [0, 0.1) is 0 Å². The van der Waals surface area contributed by atoms with Crippen molar-refractivity contribution in [2.75, 3.05) is 61.2 Å². The van der Waals surface area contributed by atoms with Crippen LogP contribution < -0.4 is 10.2 Å². The topological polar surface area (TPSA) is 106 Å². The summed E-state index contributed by atoms with van der Waals surface area (Å²) in [6, 6.07) is 0. The molecule has 1 amide bonds. The molecule has 0 aromatic heterocycles. The Hall–Kier alpha value is -0.700. The molecule has 10 heteroatoms. The number of carbonyl (C=O) groups is 1. The number of amides is 1. The third-order valence-corrected chi connectivity index (χ3v) is 9.28. The van der Waals surface area contributed by atoms with E-state index in [1.54, 1.807) is 0 Å². The van der Waals surface area contributed by atoms with Crippen LogP contribution >= 0.6 is 7.82 Å². The van der Waals surface area contributed by atoms with Crippen LogP contribution in [0.5, 0.6) is 0 Å². The van der Waals surface area contributed by atoms with E-state index in [9.17, 15) is 14.3 Å². The van der Waals surface area contributed by atoms with Gasteiger partial charge < -0.3 is 33.2 Å². The van der Waals surface area contributed by atoms with Gasteiger partial charge >= 0.3 is 6.09 Å². The summed E-state index contributed by atoms with van der Waals surface area (Å²) in [5.74, 6) is 0. The molecule has 0 aromatic carbocycles. The molecular weight excluding hydrogens is 603 g/mol. The lowest BCUT2D eigenvalue weighted by atomic mass is 10.0. The van der Waals surface area contributed by atoms with Gasteiger partial charge in [0.15, 0.2) is 6.10 Å². The molecule has 0 aliphatic rings. The zero-order chi connectivity index (χ0) is 34.2. The van der Waals surface area contributed by atoms with Gasteiger partial charge in [-0.05, 0) is 25.7 Å². The quantitative estimate of drug-likeness (QED) is 0.0405. The van der Waals surface area contributed by atoms with Gasteiger partial charge in [0.2, 0.25) is 0 Å². The summed E-state index contributed by atoms with van der Waals surface area (Å²) < 4.78 is 34.2. The van der Waals surface area contributed by atoms with Crippen molar-refractivity contribution in [3.63, 3.8) is 0 Å². The number of nitrogens with one attached hydrogen (secondary N) is 1. The van der Waals surface area contributed by atoms with Crippen molar-refractivity contribution >= 4 is 13.9 Å². The van der Waals surface area contributed by atoms with E-state index in [2.05, 4.69) is 33.4 Å². The van der Waals surface area contributed by atoms with Gasteiger partial charge in [-0.15, -0.1) is 0 Å². The highest BCUT2D eigenvalue weighted by molar-refractivity contribution is 7.45. The van der Waals surface area contributed by atoms with Crippen molar-refractivity contribution in [3.05, 3.63) is 0 Å². The number of unbranched alkanes of at least 4 members (excludes halogenated alkanes) is 22. The highest BCUT2D eigenvalue weighted by Crippen LogP contribution is 2.38. The maximum atomic E-state index is 12.2. The number of nitrogens with zero attached hydrogens (tertiary/aromatic N) is 1. The van der Waals surface area contributed by atoms with E-state index in [-0.39, 0.29) is 19.8 Å². The zero-order valence-electron chi connectivity index (χ0n) is 30.8. The second kappa shape index (κ2) is 31.6. The van der Waals surface area contributed by atoms with Gasteiger partial charge in [0.25, 0.3) is 7.82 Å². The molecule has 0 aliphatic carbocycles. The molecule has 46 heavy (non-hydrogen) atoms. The van der Waals surface area contributed by atoms with Gasteiger partial charge in [-0.1, -0.05) is 135 Å². The highest BCUT2D eigenvalue weighted by atomic mass is 31.2. The first kappa shape index (κ1) is 45.3. The summed E-state index contributed by atoms with van der Waals surface area (Å²) in [6.07, 6.45) is 28.3. The third-order valence-electron chi connectivity index (χ3n) is 8.32. The Bertz CT molecular complexity index is 721. The largest absolute Gasteiger partial charge is 0.756 e. The number of rotatable bonds is 35. The standard InChI is InChI=1S/C36H75N2O7P/c1-6-7-8-9-10-11-12-13-14-15-16-17-19-22-25-28-31-42-33-35(45-36(39)37-2)34-44-46(40,41)43-32-29-26-23-20-18-21-24-27-30-38(3,4)5/h35H,6-34H2,1-5H3,(H-,37,39,40,41). The number of hydrogen-bond donors (Lipinski definition) is 1. The molecule has 0 fully saturated rings. The maximum Gasteiger partial charge on any atom is 0.407 e. The van der Waals surface area contributed by atoms with Gasteiger partial charge in [0, 0.05) is 13.7 Å². The smallest absolute Gasteiger partial charge is 0.407 e. The predicted octanol–water partition coefficient (Wildman–Crippen LogP) is 9.32. The summed E-state index contributed by atoms with van der Waals surface area (Å²) in [6.45, 7) is 3.85. The second-order valence-electron chi connectivity index (χ2n) is 14.1. The molecule has 9 nitrogen and oxygen atoms in total. The number of carbonyl (C=O) groups excluding carboxylic acids is 1. The van der Waals surface area contributed by atoms with Gasteiger partial charge in [0.1, 0.15) is 0 Å². The molecule has 0 radical (unpaired) electrons. The third kappa shape index (κ3) is 34.6. The second-order valence-corrected chi connectivity index (χ2v) is 15.5. The minimum absolute atomic E-state index is 0.0709. The Labute approximate surface area is 284 Å². The van der Waals surface area contributed by atoms with Gasteiger partial charge in [-0.2, -0.15) is 0 Å². The van der Waals surface area contributed by atoms with Crippen LogP contribution in [0.3, 0.4) is 0 Å². The Morgan fingerprint density at radius 3 is 1.48 bits per heavy atom. The van der Waals surface area contributed by atoms with E-state index in [1.807, 2.05) is 0 Å². The predicted molar refractivity (Wildman–Crippen MR) is 189 cm³/mol. The van der Waals surface area contributed by atoms with E-state index in [0.717, 1.165) is 36.6 Å². The van der Waals surface area contributed by atoms with Crippen molar-refractivity contribution in [1.82, 2.24) is 5.32 Å². The van der Waals surface area contributed by atoms with Crippen LogP contribution in [0.2, 0.25) is 0 Å². The molecule has 1 N–H and O–H groups in total. The van der Waals surface area contributed by atoms with Crippen LogP contribution in [0.15, 0.2) is 0 Å². The van der Waals surface area contributed by atoms with E-state index in [1.165, 1.54) is 129 Å². The Balaban J connectivity index is 3.82. The molecule has 0 saturated heterocycles. The molecule has 276 valence electrons. The summed E-state index contributed by atoms with van der Waals surface area (Å²) in [5.41, 5.74) is 0. The van der Waals surface area contributed by atoms with Crippen molar-refractivity contribution in [3.8, 4) is 0 Å². The molecule has 2 unspecified atom stereocenters. The Morgan fingerprint density at radius 1 is 0.630 bits per heavy atom. The fourth-order valence-electron chi connectivity index (χ4n) is 5.43. The fourth-order valence-corrected chi connectivity index (χ4v) is 6.21. The van der Waals surface area contributed by atoms with E-state index in [4.69, 9.17) is 18.5 Å². The minimum Gasteiger partial charge on any atom is -0.756 e. The lowest BCUT2D eigenvalue weighted by molar-refractivity contribution is -0.870. The van der Waals surface area contributed by atoms with Crippen molar-refractivity contribution < 1.29 is 37.3 Å². The Kier molecular flexibility index (Phi) is 31.1. The summed E-state index contributed by atoms with van der Waals surface area (Å²) in [4.78, 5) is 23.9. The number of ether oxygens (including phenoxy) is 2. The average Bonchev–Trinajstić information content (AvgIpc) is 3.01. The van der Waals surface area contributed by atoms with Crippen molar-refractivity contribution in [2.24, 2.45) is 0 Å². The molecule has 0 aliphatic heterocycles. The van der Waals surface area contributed by atoms with Gasteiger partial charge in [-0.3, -0.25) is 4.57 Å². The molecule has 0 saturated carbocycles. The number of phosphoric ester groups is 1. The molecule has 0 bridgehead atoms. The van der Waals surface area contributed by atoms with Gasteiger partial charge in [0.05, 0.1) is 47.5 Å². The molecular formula is C36H75N2O7P. The van der Waals surface area contributed by atoms with E-state index >= 15 is 0 Å². The number of quaternary nitrogens is 1. The minimum atomic E-state index is -4.48. The zero-order valence-corrected chi connectivity index (χ0v) is 31.7. The molecule has 0 spiro atoms. The van der Waals surface area contributed by atoms with Crippen molar-refractivity contribution in [1.29, 1.82) is 0 Å². The lowest BCUT2D eigenvalue weighted by Crippen LogP contribution is -2.35. The van der Waals surface area contributed by atoms with Gasteiger partial charge in [-0.25, -0.2) is 4.79 Å². The first-order valence-electron chi connectivity index (χ1n) is 19.0. The first-order chi connectivity index (χ1) is 22.1. The van der Waals surface area contributed by atoms with Crippen molar-refractivity contribution in [2.45, 2.75) is 167 Å². The van der Waals surface area contributed by atoms with E-state index < -0.39 is 20.0 Å².